The SMILES string of the molecule is CC(C)[C@@H](CO)NC1CCCc2sc(I)cc21. The van der Waals surface area contributed by atoms with Crippen molar-refractivity contribution in [2.45, 2.75) is 45.2 Å². The number of aliphatic hydroxyl groups is 1. The first-order valence-electron chi connectivity index (χ1n) is 6.26. The van der Waals surface area contributed by atoms with Crippen molar-refractivity contribution < 1.29 is 5.11 Å². The van der Waals surface area contributed by atoms with Crippen LogP contribution in [0.15, 0.2) is 6.07 Å². The molecule has 0 bridgehead atoms. The standard InChI is InChI=1S/C13H20INOS/c1-8(2)11(7-16)15-10-4-3-5-12-9(10)6-13(14)17-12/h6,8,10-11,15-16H,3-5,7H2,1-2H3/t10?,11-/m1/s1. The molecule has 1 unspecified atom stereocenters. The Kier molecular flexibility index (Phi) is 4.86. The molecule has 2 N–H and O–H groups in total. The van der Waals surface area contributed by atoms with Crippen LogP contribution in [0.4, 0.5) is 0 Å². The molecule has 0 aliphatic heterocycles. The second kappa shape index (κ2) is 5.99. The lowest BCUT2D eigenvalue weighted by atomic mass is 9.92. The summed E-state index contributed by atoms with van der Waals surface area (Å²) in [5.41, 5.74) is 1.48. The topological polar surface area (TPSA) is 32.3 Å². The number of hydrogen-bond acceptors (Lipinski definition) is 3. The van der Waals surface area contributed by atoms with E-state index in [9.17, 15) is 5.11 Å². The highest BCUT2D eigenvalue weighted by Gasteiger charge is 2.25. The van der Waals surface area contributed by atoms with Crippen molar-refractivity contribution in [1.29, 1.82) is 0 Å². The molecule has 0 fully saturated rings. The number of hydrogen-bond donors (Lipinski definition) is 2. The van der Waals surface area contributed by atoms with Gasteiger partial charge in [-0.15, -0.1) is 11.3 Å². The molecule has 0 saturated heterocycles. The summed E-state index contributed by atoms with van der Waals surface area (Å²) >= 11 is 4.33. The van der Waals surface area contributed by atoms with Gasteiger partial charge in [-0.05, 0) is 59.4 Å². The van der Waals surface area contributed by atoms with E-state index in [-0.39, 0.29) is 12.6 Å². The number of aliphatic hydroxyl groups excluding tert-OH is 1. The van der Waals surface area contributed by atoms with Crippen molar-refractivity contribution in [1.82, 2.24) is 5.32 Å². The molecular formula is C13H20INOS. The number of aryl methyl sites for hydroxylation is 1. The average Bonchev–Trinajstić information content (AvgIpc) is 2.66. The fraction of sp³-hybridized carbons (Fsp3) is 0.692. The quantitative estimate of drug-likeness (QED) is 0.803. The van der Waals surface area contributed by atoms with Gasteiger partial charge in [-0.3, -0.25) is 0 Å². The van der Waals surface area contributed by atoms with Crippen molar-refractivity contribution in [3.63, 3.8) is 0 Å². The highest BCUT2D eigenvalue weighted by atomic mass is 127. The molecule has 1 aromatic rings. The highest BCUT2D eigenvalue weighted by Crippen LogP contribution is 2.36. The minimum atomic E-state index is 0.212. The first kappa shape index (κ1) is 13.8. The van der Waals surface area contributed by atoms with Gasteiger partial charge in [-0.1, -0.05) is 13.8 Å². The van der Waals surface area contributed by atoms with Crippen molar-refractivity contribution in [3.05, 3.63) is 19.4 Å². The molecule has 2 atom stereocenters. The zero-order valence-electron chi connectivity index (χ0n) is 10.4. The van der Waals surface area contributed by atoms with Crippen molar-refractivity contribution in [3.8, 4) is 0 Å². The Balaban J connectivity index is 2.12. The zero-order chi connectivity index (χ0) is 12.4. The average molecular weight is 365 g/mol. The third kappa shape index (κ3) is 3.22. The van der Waals surface area contributed by atoms with Gasteiger partial charge < -0.3 is 10.4 Å². The van der Waals surface area contributed by atoms with Gasteiger partial charge in [0.2, 0.25) is 0 Å². The molecule has 0 amide bonds. The van der Waals surface area contributed by atoms with Gasteiger partial charge in [0.25, 0.3) is 0 Å². The molecule has 0 radical (unpaired) electrons. The number of halogens is 1. The summed E-state index contributed by atoms with van der Waals surface area (Å²) in [7, 11) is 0. The molecule has 17 heavy (non-hydrogen) atoms. The van der Waals surface area contributed by atoms with Crippen LogP contribution in [-0.4, -0.2) is 17.8 Å². The van der Waals surface area contributed by atoms with Crippen molar-refractivity contribution in [2.24, 2.45) is 5.92 Å². The predicted molar refractivity (Wildman–Crippen MR) is 81.6 cm³/mol. The molecule has 0 spiro atoms. The third-order valence-corrected chi connectivity index (χ3v) is 5.47. The van der Waals surface area contributed by atoms with E-state index in [0.717, 1.165) is 0 Å². The van der Waals surface area contributed by atoms with E-state index in [1.807, 2.05) is 11.3 Å². The minimum absolute atomic E-state index is 0.212. The summed E-state index contributed by atoms with van der Waals surface area (Å²) in [5.74, 6) is 0.475. The molecule has 2 rings (SSSR count). The maximum absolute atomic E-state index is 9.42. The molecule has 2 nitrogen and oxygen atoms in total. The van der Waals surface area contributed by atoms with Crippen LogP contribution in [0.5, 0.6) is 0 Å². The number of rotatable bonds is 4. The molecule has 4 heteroatoms. The van der Waals surface area contributed by atoms with E-state index >= 15 is 0 Å². The Labute approximate surface area is 121 Å². The maximum atomic E-state index is 9.42. The number of fused-ring (bicyclic) bond motifs is 1. The second-order valence-electron chi connectivity index (χ2n) is 5.07. The first-order chi connectivity index (χ1) is 8.11. The van der Waals surface area contributed by atoms with E-state index in [4.69, 9.17) is 0 Å². The lowest BCUT2D eigenvalue weighted by Crippen LogP contribution is -2.40. The Morgan fingerprint density at radius 2 is 2.35 bits per heavy atom. The lowest BCUT2D eigenvalue weighted by molar-refractivity contribution is 0.195. The molecule has 1 heterocycles. The van der Waals surface area contributed by atoms with Crippen molar-refractivity contribution >= 4 is 33.9 Å². The van der Waals surface area contributed by atoms with E-state index in [2.05, 4.69) is 47.8 Å². The van der Waals surface area contributed by atoms with E-state index < -0.39 is 0 Å². The highest BCUT2D eigenvalue weighted by molar-refractivity contribution is 14.1. The smallest absolute Gasteiger partial charge is 0.0659 e. The predicted octanol–water partition coefficient (Wildman–Crippen LogP) is 3.34. The van der Waals surface area contributed by atoms with Crippen LogP contribution in [0.25, 0.3) is 0 Å². The summed E-state index contributed by atoms with van der Waals surface area (Å²) in [6.07, 6.45) is 3.69. The summed E-state index contributed by atoms with van der Waals surface area (Å²) in [6.45, 7) is 4.55. The minimum Gasteiger partial charge on any atom is -0.395 e. The van der Waals surface area contributed by atoms with Crippen LogP contribution < -0.4 is 5.32 Å². The Morgan fingerprint density at radius 3 is 3.00 bits per heavy atom. The number of nitrogens with one attached hydrogen (secondary N) is 1. The molecule has 0 saturated carbocycles. The maximum Gasteiger partial charge on any atom is 0.0659 e. The van der Waals surface area contributed by atoms with Crippen LogP contribution in [-0.2, 0) is 6.42 Å². The molecule has 1 aliphatic rings. The van der Waals surface area contributed by atoms with Gasteiger partial charge in [0, 0.05) is 17.0 Å². The fourth-order valence-electron chi connectivity index (χ4n) is 2.41. The Bertz CT molecular complexity index is 377. The van der Waals surface area contributed by atoms with Crippen LogP contribution >= 0.6 is 33.9 Å². The third-order valence-electron chi connectivity index (χ3n) is 3.50. The van der Waals surface area contributed by atoms with Crippen LogP contribution in [0.2, 0.25) is 0 Å². The molecular weight excluding hydrogens is 345 g/mol. The normalized spacial score (nSPS) is 21.6. The zero-order valence-corrected chi connectivity index (χ0v) is 13.3. The van der Waals surface area contributed by atoms with E-state index in [1.54, 1.807) is 4.88 Å². The largest absolute Gasteiger partial charge is 0.395 e. The van der Waals surface area contributed by atoms with Gasteiger partial charge in [0.15, 0.2) is 0 Å². The van der Waals surface area contributed by atoms with Gasteiger partial charge in [0.05, 0.1) is 9.49 Å². The van der Waals surface area contributed by atoms with Gasteiger partial charge in [0.1, 0.15) is 0 Å². The Hall–Kier alpha value is 0.350. The van der Waals surface area contributed by atoms with Gasteiger partial charge in [-0.25, -0.2) is 0 Å². The summed E-state index contributed by atoms with van der Waals surface area (Å²) in [5, 5.41) is 13.0. The van der Waals surface area contributed by atoms with Crippen LogP contribution in [0.3, 0.4) is 0 Å². The Morgan fingerprint density at radius 1 is 1.59 bits per heavy atom. The van der Waals surface area contributed by atoms with E-state index in [0.29, 0.717) is 12.0 Å². The molecule has 96 valence electrons. The molecule has 1 aliphatic carbocycles. The monoisotopic (exact) mass is 365 g/mol. The summed E-state index contributed by atoms with van der Waals surface area (Å²) < 4.78 is 1.38. The number of thiophene rings is 1. The molecule has 1 aromatic heterocycles. The van der Waals surface area contributed by atoms with E-state index in [1.165, 1.54) is 27.7 Å². The van der Waals surface area contributed by atoms with Crippen LogP contribution in [0.1, 0.15) is 43.2 Å². The molecule has 0 aromatic carbocycles. The fourth-order valence-corrected chi connectivity index (χ4v) is 4.53. The van der Waals surface area contributed by atoms with Gasteiger partial charge >= 0.3 is 0 Å². The lowest BCUT2D eigenvalue weighted by Gasteiger charge is -2.30. The van der Waals surface area contributed by atoms with Crippen LogP contribution in [0, 0.1) is 8.80 Å². The second-order valence-corrected chi connectivity index (χ2v) is 8.10. The van der Waals surface area contributed by atoms with Crippen molar-refractivity contribution in [2.75, 3.05) is 6.61 Å². The van der Waals surface area contributed by atoms with Gasteiger partial charge in [-0.2, -0.15) is 0 Å². The first-order valence-corrected chi connectivity index (χ1v) is 8.16. The summed E-state index contributed by atoms with van der Waals surface area (Å²) in [6, 6.07) is 2.97. The summed E-state index contributed by atoms with van der Waals surface area (Å²) in [4.78, 5) is 1.54.